The van der Waals surface area contributed by atoms with E-state index in [9.17, 15) is 0 Å². The van der Waals surface area contributed by atoms with Gasteiger partial charge < -0.3 is 14.5 Å². The lowest BCUT2D eigenvalue weighted by molar-refractivity contribution is 0.411. The van der Waals surface area contributed by atoms with Crippen LogP contribution >= 0.6 is 0 Å². The fourth-order valence-corrected chi connectivity index (χ4v) is 1.73. The summed E-state index contributed by atoms with van der Waals surface area (Å²) < 4.78 is 11.0. The number of hydrogen-bond acceptors (Lipinski definition) is 4. The summed E-state index contributed by atoms with van der Waals surface area (Å²) in [7, 11) is 1.67. The summed E-state index contributed by atoms with van der Waals surface area (Å²) >= 11 is 0. The second-order valence-electron chi connectivity index (χ2n) is 4.08. The van der Waals surface area contributed by atoms with Gasteiger partial charge in [0.2, 0.25) is 5.89 Å². The van der Waals surface area contributed by atoms with Crippen molar-refractivity contribution in [3.05, 3.63) is 35.9 Å². The van der Waals surface area contributed by atoms with E-state index in [0.29, 0.717) is 12.4 Å². The van der Waals surface area contributed by atoms with E-state index in [2.05, 4.69) is 17.2 Å². The Bertz CT molecular complexity index is 520. The molecule has 0 amide bonds. The van der Waals surface area contributed by atoms with Gasteiger partial charge in [-0.05, 0) is 25.1 Å². The lowest BCUT2D eigenvalue weighted by Crippen LogP contribution is -2.11. The molecule has 1 N–H and O–H groups in total. The van der Waals surface area contributed by atoms with Gasteiger partial charge in [0.15, 0.2) is 5.76 Å². The Kier molecular flexibility index (Phi) is 3.99. The zero-order chi connectivity index (χ0) is 13.0. The third-order valence-electron chi connectivity index (χ3n) is 2.77. The molecule has 2 rings (SSSR count). The van der Waals surface area contributed by atoms with Gasteiger partial charge in [0.05, 0.1) is 19.9 Å². The fraction of sp³-hybridized carbons (Fsp3) is 0.357. The van der Waals surface area contributed by atoms with Gasteiger partial charge in [0, 0.05) is 5.56 Å². The first-order chi connectivity index (χ1) is 8.74. The maximum Gasteiger partial charge on any atom is 0.208 e. The van der Waals surface area contributed by atoms with Crippen LogP contribution in [0.4, 0.5) is 0 Å². The molecule has 0 aliphatic carbocycles. The van der Waals surface area contributed by atoms with Crippen molar-refractivity contribution in [1.82, 2.24) is 10.3 Å². The zero-order valence-corrected chi connectivity index (χ0v) is 11.0. The Labute approximate surface area is 107 Å². The maximum atomic E-state index is 5.68. The van der Waals surface area contributed by atoms with Crippen LogP contribution in [0.1, 0.15) is 18.4 Å². The third kappa shape index (κ3) is 2.71. The predicted molar refractivity (Wildman–Crippen MR) is 70.6 cm³/mol. The van der Waals surface area contributed by atoms with E-state index < -0.39 is 0 Å². The minimum atomic E-state index is 0.652. The number of hydrogen-bond donors (Lipinski definition) is 1. The van der Waals surface area contributed by atoms with Gasteiger partial charge in [-0.3, -0.25) is 0 Å². The first-order valence-electron chi connectivity index (χ1n) is 6.05. The number of nitrogens with one attached hydrogen (secondary N) is 1. The summed E-state index contributed by atoms with van der Waals surface area (Å²) in [5, 5.41) is 3.18. The highest BCUT2D eigenvalue weighted by atomic mass is 16.5. The van der Waals surface area contributed by atoms with Crippen LogP contribution in [-0.4, -0.2) is 18.6 Å². The van der Waals surface area contributed by atoms with Crippen LogP contribution in [0.3, 0.4) is 0 Å². The summed E-state index contributed by atoms with van der Waals surface area (Å²) in [4.78, 5) is 4.24. The van der Waals surface area contributed by atoms with Gasteiger partial charge in [-0.2, -0.15) is 0 Å². The number of ether oxygens (including phenoxy) is 1. The molecule has 0 unspecified atom stereocenters. The maximum absolute atomic E-state index is 5.68. The average Bonchev–Trinajstić information content (AvgIpc) is 2.85. The van der Waals surface area contributed by atoms with Crippen LogP contribution < -0.4 is 10.1 Å². The summed E-state index contributed by atoms with van der Waals surface area (Å²) in [5.74, 6) is 2.32. The highest BCUT2D eigenvalue weighted by Gasteiger charge is 2.08. The summed E-state index contributed by atoms with van der Waals surface area (Å²) in [6.07, 6.45) is 1.75. The van der Waals surface area contributed by atoms with Crippen LogP contribution in [0.5, 0.6) is 5.75 Å². The van der Waals surface area contributed by atoms with Crippen molar-refractivity contribution in [2.24, 2.45) is 0 Å². The van der Waals surface area contributed by atoms with Crippen molar-refractivity contribution in [1.29, 1.82) is 0 Å². The monoisotopic (exact) mass is 246 g/mol. The average molecular weight is 246 g/mol. The lowest BCUT2D eigenvalue weighted by atomic mass is 10.1. The number of oxazole rings is 1. The highest BCUT2D eigenvalue weighted by molar-refractivity contribution is 5.60. The highest BCUT2D eigenvalue weighted by Crippen LogP contribution is 2.27. The minimum absolute atomic E-state index is 0.652. The molecule has 0 radical (unpaired) electrons. The van der Waals surface area contributed by atoms with E-state index in [1.807, 2.05) is 25.1 Å². The third-order valence-corrected chi connectivity index (χ3v) is 2.77. The number of aromatic nitrogens is 1. The fourth-order valence-electron chi connectivity index (χ4n) is 1.73. The van der Waals surface area contributed by atoms with Crippen LogP contribution in [0, 0.1) is 6.92 Å². The van der Waals surface area contributed by atoms with E-state index >= 15 is 0 Å². The Morgan fingerprint density at radius 3 is 2.94 bits per heavy atom. The molecule has 0 aliphatic heterocycles. The minimum Gasteiger partial charge on any atom is -0.496 e. The Morgan fingerprint density at radius 2 is 2.22 bits per heavy atom. The molecule has 0 spiro atoms. The zero-order valence-electron chi connectivity index (χ0n) is 11.0. The van der Waals surface area contributed by atoms with Crippen molar-refractivity contribution >= 4 is 0 Å². The van der Waals surface area contributed by atoms with Crippen molar-refractivity contribution in [2.45, 2.75) is 20.4 Å². The molecule has 0 bridgehead atoms. The first kappa shape index (κ1) is 12.6. The Morgan fingerprint density at radius 1 is 1.39 bits per heavy atom. The number of benzene rings is 1. The van der Waals surface area contributed by atoms with E-state index in [1.165, 1.54) is 0 Å². The molecule has 1 aromatic heterocycles. The molecule has 1 aromatic carbocycles. The second-order valence-corrected chi connectivity index (χ2v) is 4.08. The van der Waals surface area contributed by atoms with E-state index in [4.69, 9.17) is 9.15 Å². The largest absolute Gasteiger partial charge is 0.496 e. The molecule has 96 valence electrons. The quantitative estimate of drug-likeness (QED) is 0.881. The van der Waals surface area contributed by atoms with Crippen LogP contribution in [0.25, 0.3) is 11.3 Å². The van der Waals surface area contributed by atoms with Gasteiger partial charge in [0.1, 0.15) is 5.75 Å². The predicted octanol–water partition coefficient (Wildman–Crippen LogP) is 2.77. The van der Waals surface area contributed by atoms with Gasteiger partial charge in [-0.1, -0.05) is 19.1 Å². The molecule has 4 heteroatoms. The van der Waals surface area contributed by atoms with Crippen molar-refractivity contribution in [3.8, 4) is 17.1 Å². The lowest BCUT2D eigenvalue weighted by Gasteiger charge is -2.05. The number of rotatable bonds is 5. The van der Waals surface area contributed by atoms with Crippen LogP contribution in [0.15, 0.2) is 28.8 Å². The first-order valence-corrected chi connectivity index (χ1v) is 6.05. The van der Waals surface area contributed by atoms with E-state index in [0.717, 1.165) is 29.2 Å². The molecule has 18 heavy (non-hydrogen) atoms. The van der Waals surface area contributed by atoms with Gasteiger partial charge >= 0.3 is 0 Å². The van der Waals surface area contributed by atoms with Crippen molar-refractivity contribution in [2.75, 3.05) is 13.7 Å². The molecule has 0 aliphatic rings. The normalized spacial score (nSPS) is 10.6. The summed E-state index contributed by atoms with van der Waals surface area (Å²) in [6.45, 7) is 5.61. The molecule has 4 nitrogen and oxygen atoms in total. The van der Waals surface area contributed by atoms with E-state index in [1.54, 1.807) is 13.3 Å². The van der Waals surface area contributed by atoms with Gasteiger partial charge in [-0.15, -0.1) is 0 Å². The molecule has 0 atom stereocenters. The summed E-state index contributed by atoms with van der Waals surface area (Å²) in [6, 6.07) is 5.99. The van der Waals surface area contributed by atoms with Gasteiger partial charge in [-0.25, -0.2) is 4.98 Å². The Hall–Kier alpha value is -1.81. The molecule has 0 fully saturated rings. The second kappa shape index (κ2) is 5.69. The van der Waals surface area contributed by atoms with Crippen molar-refractivity contribution in [3.63, 3.8) is 0 Å². The van der Waals surface area contributed by atoms with Gasteiger partial charge in [0.25, 0.3) is 0 Å². The molecule has 2 aromatic rings. The van der Waals surface area contributed by atoms with Crippen molar-refractivity contribution < 1.29 is 9.15 Å². The molecule has 1 heterocycles. The summed E-state index contributed by atoms with van der Waals surface area (Å²) in [5.41, 5.74) is 2.08. The molecule has 0 saturated carbocycles. The SMILES string of the molecule is CCNCc1ncc(-c2ccc(C)c(OC)c2)o1. The molecular formula is C14H18N2O2. The topological polar surface area (TPSA) is 47.3 Å². The van der Waals surface area contributed by atoms with E-state index in [-0.39, 0.29) is 0 Å². The van der Waals surface area contributed by atoms with Crippen LogP contribution in [-0.2, 0) is 6.54 Å². The standard InChI is InChI=1S/C14H18N2O2/c1-4-15-9-14-16-8-13(18-14)11-6-5-10(2)12(7-11)17-3/h5-8,15H,4,9H2,1-3H3. The number of methoxy groups -OCH3 is 1. The molecule has 0 saturated heterocycles. The Balaban J connectivity index is 2.23. The smallest absolute Gasteiger partial charge is 0.208 e. The number of aryl methyl sites for hydroxylation is 1. The molecular weight excluding hydrogens is 228 g/mol. The van der Waals surface area contributed by atoms with Crippen LogP contribution in [0.2, 0.25) is 0 Å². The number of nitrogens with zero attached hydrogens (tertiary/aromatic N) is 1.